The Labute approximate surface area is 117 Å². The number of hydrogen-bond acceptors (Lipinski definition) is 2. The van der Waals surface area contributed by atoms with Gasteiger partial charge in [-0.05, 0) is 32.0 Å². The van der Waals surface area contributed by atoms with Gasteiger partial charge in [0.1, 0.15) is 5.82 Å². The fraction of sp³-hybridized carbons (Fsp3) is 0.214. The Morgan fingerprint density at radius 2 is 1.56 bits per heavy atom. The van der Waals surface area contributed by atoms with E-state index in [1.165, 1.54) is 11.1 Å². The molecule has 1 aromatic heterocycles. The number of benzene rings is 1. The molecule has 2 aromatic rings. The molecule has 0 fully saturated rings. The van der Waals surface area contributed by atoms with Crippen molar-refractivity contribution in [1.29, 1.82) is 0 Å². The van der Waals surface area contributed by atoms with Crippen LogP contribution >= 0.6 is 23.2 Å². The molecule has 0 unspecified atom stereocenters. The predicted octanol–water partition coefficient (Wildman–Crippen LogP) is 4.71. The lowest BCUT2D eigenvalue weighted by Gasteiger charge is -2.10. The summed E-state index contributed by atoms with van der Waals surface area (Å²) in [6.45, 7) is 4.11. The first-order valence-corrected chi connectivity index (χ1v) is 6.39. The molecule has 0 aliphatic carbocycles. The molecule has 0 amide bonds. The summed E-state index contributed by atoms with van der Waals surface area (Å²) in [5, 5.41) is 4.04. The van der Waals surface area contributed by atoms with Crippen LogP contribution < -0.4 is 5.32 Å². The van der Waals surface area contributed by atoms with Gasteiger partial charge in [-0.25, -0.2) is 4.98 Å². The third-order valence-corrected chi connectivity index (χ3v) is 3.24. The lowest BCUT2D eigenvalue weighted by atomic mass is 10.0. The highest BCUT2D eigenvalue weighted by Crippen LogP contribution is 2.32. The van der Waals surface area contributed by atoms with Crippen molar-refractivity contribution >= 4 is 29.0 Å². The summed E-state index contributed by atoms with van der Waals surface area (Å²) in [6.07, 6.45) is 0. The van der Waals surface area contributed by atoms with Gasteiger partial charge in [0.2, 0.25) is 0 Å². The summed E-state index contributed by atoms with van der Waals surface area (Å²) >= 11 is 12.3. The maximum Gasteiger partial charge on any atom is 0.145 e. The number of aromatic nitrogens is 1. The van der Waals surface area contributed by atoms with Gasteiger partial charge in [-0.1, -0.05) is 40.4 Å². The van der Waals surface area contributed by atoms with Crippen LogP contribution in [0, 0.1) is 13.8 Å². The second-order valence-electron chi connectivity index (χ2n) is 4.28. The Kier molecular flexibility index (Phi) is 3.79. The van der Waals surface area contributed by atoms with Crippen molar-refractivity contribution in [3.05, 3.63) is 45.4 Å². The average molecular weight is 281 g/mol. The topological polar surface area (TPSA) is 24.9 Å². The molecule has 0 atom stereocenters. The number of aryl methyl sites for hydroxylation is 2. The zero-order valence-electron chi connectivity index (χ0n) is 10.5. The number of nitrogens with zero attached hydrogens (tertiary/aromatic N) is 1. The molecule has 18 heavy (non-hydrogen) atoms. The van der Waals surface area contributed by atoms with E-state index < -0.39 is 0 Å². The van der Waals surface area contributed by atoms with Gasteiger partial charge in [0.05, 0.1) is 15.7 Å². The summed E-state index contributed by atoms with van der Waals surface area (Å²) in [6, 6.07) is 7.96. The minimum atomic E-state index is 0.524. The van der Waals surface area contributed by atoms with E-state index in [2.05, 4.69) is 42.3 Å². The SMILES string of the molecule is CNc1nc(-c2cc(C)cc(C)c2)c(Cl)cc1Cl. The van der Waals surface area contributed by atoms with Crippen LogP contribution in [0.3, 0.4) is 0 Å². The summed E-state index contributed by atoms with van der Waals surface area (Å²) in [4.78, 5) is 4.47. The minimum Gasteiger partial charge on any atom is -0.372 e. The standard InChI is InChI=1S/C14H14Cl2N2/c1-8-4-9(2)6-10(5-8)13-11(15)7-12(16)14(17-3)18-13/h4-7H,1-3H3,(H,17,18). The fourth-order valence-electron chi connectivity index (χ4n) is 1.96. The van der Waals surface area contributed by atoms with Crippen molar-refractivity contribution in [2.75, 3.05) is 12.4 Å². The Balaban J connectivity index is 2.62. The molecule has 0 bridgehead atoms. The van der Waals surface area contributed by atoms with Gasteiger partial charge in [0.15, 0.2) is 0 Å². The molecule has 2 nitrogen and oxygen atoms in total. The third kappa shape index (κ3) is 2.60. The van der Waals surface area contributed by atoms with Crippen LogP contribution in [0.15, 0.2) is 24.3 Å². The zero-order chi connectivity index (χ0) is 13.3. The van der Waals surface area contributed by atoms with Crippen LogP contribution in [0.1, 0.15) is 11.1 Å². The fourth-order valence-corrected chi connectivity index (χ4v) is 2.52. The Bertz CT molecular complexity index is 574. The Hall–Kier alpha value is -1.25. The van der Waals surface area contributed by atoms with Crippen LogP contribution in [0.2, 0.25) is 10.0 Å². The largest absolute Gasteiger partial charge is 0.372 e. The minimum absolute atomic E-state index is 0.524. The molecule has 94 valence electrons. The maximum absolute atomic E-state index is 6.22. The van der Waals surface area contributed by atoms with Crippen LogP contribution in [-0.2, 0) is 0 Å². The van der Waals surface area contributed by atoms with Crippen molar-refractivity contribution in [2.24, 2.45) is 0 Å². The third-order valence-electron chi connectivity index (χ3n) is 2.66. The monoisotopic (exact) mass is 280 g/mol. The van der Waals surface area contributed by atoms with Crippen LogP contribution in [0.5, 0.6) is 0 Å². The van der Waals surface area contributed by atoms with Crippen molar-refractivity contribution in [2.45, 2.75) is 13.8 Å². The summed E-state index contributed by atoms with van der Waals surface area (Å²) < 4.78 is 0. The predicted molar refractivity (Wildman–Crippen MR) is 78.7 cm³/mol. The van der Waals surface area contributed by atoms with Gasteiger partial charge in [-0.15, -0.1) is 0 Å². The normalized spacial score (nSPS) is 10.5. The molecule has 0 aliphatic heterocycles. The highest BCUT2D eigenvalue weighted by atomic mass is 35.5. The molecule has 2 rings (SSSR count). The number of rotatable bonds is 2. The number of halogens is 2. The van der Waals surface area contributed by atoms with Gasteiger partial charge in [0.25, 0.3) is 0 Å². The molecule has 0 aliphatic rings. The van der Waals surface area contributed by atoms with Crippen molar-refractivity contribution in [3.8, 4) is 11.3 Å². The molecule has 4 heteroatoms. The molecule has 0 radical (unpaired) electrons. The molecule has 0 saturated carbocycles. The second-order valence-corrected chi connectivity index (χ2v) is 5.09. The number of pyridine rings is 1. The molecule has 1 heterocycles. The maximum atomic E-state index is 6.22. The van der Waals surface area contributed by atoms with Crippen molar-refractivity contribution in [3.63, 3.8) is 0 Å². The summed E-state index contributed by atoms with van der Waals surface area (Å²) in [7, 11) is 1.79. The average Bonchev–Trinajstić information content (AvgIpc) is 2.27. The summed E-state index contributed by atoms with van der Waals surface area (Å²) in [5.41, 5.74) is 4.12. The highest BCUT2D eigenvalue weighted by Gasteiger charge is 2.11. The summed E-state index contributed by atoms with van der Waals surface area (Å²) in [5.74, 6) is 0.634. The number of hydrogen-bond donors (Lipinski definition) is 1. The van der Waals surface area contributed by atoms with Crippen LogP contribution in [0.4, 0.5) is 5.82 Å². The quantitative estimate of drug-likeness (QED) is 0.862. The number of anilines is 1. The lowest BCUT2D eigenvalue weighted by Crippen LogP contribution is -1.96. The van der Waals surface area contributed by atoms with Gasteiger partial charge in [-0.2, -0.15) is 0 Å². The molecule has 0 saturated heterocycles. The van der Waals surface area contributed by atoms with Gasteiger partial charge >= 0.3 is 0 Å². The molecule has 1 aromatic carbocycles. The van der Waals surface area contributed by atoms with E-state index in [1.807, 2.05) is 0 Å². The molecule has 0 spiro atoms. The van der Waals surface area contributed by atoms with E-state index in [9.17, 15) is 0 Å². The second kappa shape index (κ2) is 5.17. The van der Waals surface area contributed by atoms with E-state index in [0.717, 1.165) is 11.3 Å². The molecular formula is C14H14Cl2N2. The smallest absolute Gasteiger partial charge is 0.145 e. The van der Waals surface area contributed by atoms with E-state index in [0.29, 0.717) is 15.9 Å². The Morgan fingerprint density at radius 1 is 0.944 bits per heavy atom. The van der Waals surface area contributed by atoms with E-state index in [-0.39, 0.29) is 0 Å². The van der Waals surface area contributed by atoms with Gasteiger partial charge in [0, 0.05) is 12.6 Å². The zero-order valence-corrected chi connectivity index (χ0v) is 12.0. The molecular weight excluding hydrogens is 267 g/mol. The first kappa shape index (κ1) is 13.2. The van der Waals surface area contributed by atoms with E-state index >= 15 is 0 Å². The highest BCUT2D eigenvalue weighted by molar-refractivity contribution is 6.37. The van der Waals surface area contributed by atoms with Crippen molar-refractivity contribution in [1.82, 2.24) is 4.98 Å². The van der Waals surface area contributed by atoms with E-state index in [1.54, 1.807) is 13.1 Å². The lowest BCUT2D eigenvalue weighted by molar-refractivity contribution is 1.27. The van der Waals surface area contributed by atoms with Crippen LogP contribution in [0.25, 0.3) is 11.3 Å². The first-order chi connectivity index (χ1) is 8.51. The van der Waals surface area contributed by atoms with E-state index in [4.69, 9.17) is 23.2 Å². The van der Waals surface area contributed by atoms with Gasteiger partial charge in [-0.3, -0.25) is 0 Å². The van der Waals surface area contributed by atoms with Crippen LogP contribution in [-0.4, -0.2) is 12.0 Å². The number of nitrogens with one attached hydrogen (secondary N) is 1. The first-order valence-electron chi connectivity index (χ1n) is 5.63. The Morgan fingerprint density at radius 3 is 2.11 bits per heavy atom. The van der Waals surface area contributed by atoms with Gasteiger partial charge < -0.3 is 5.32 Å². The van der Waals surface area contributed by atoms with Crippen molar-refractivity contribution < 1.29 is 0 Å². The molecule has 1 N–H and O–H groups in total.